The standard InChI is InChI=1S/C10H13NO2/c1-2-5-11-7-8-3-4-9(12)6-10(8)13/h3-4,6-7,12-13H,2,5H2,1H3/b11-7+. The first-order valence-corrected chi connectivity index (χ1v) is 4.26. The summed E-state index contributed by atoms with van der Waals surface area (Å²) in [5.74, 6) is 0.116. The van der Waals surface area contributed by atoms with Crippen LogP contribution in [-0.4, -0.2) is 23.0 Å². The van der Waals surface area contributed by atoms with Crippen LogP contribution in [0.5, 0.6) is 11.5 Å². The molecule has 0 aromatic heterocycles. The highest BCUT2D eigenvalue weighted by Gasteiger charge is 1.97. The second kappa shape index (κ2) is 4.50. The molecule has 0 unspecified atom stereocenters. The van der Waals surface area contributed by atoms with Gasteiger partial charge in [-0.05, 0) is 18.6 Å². The summed E-state index contributed by atoms with van der Waals surface area (Å²) >= 11 is 0. The molecule has 70 valence electrons. The normalized spacial score (nSPS) is 10.8. The lowest BCUT2D eigenvalue weighted by molar-refractivity contribution is 0.450. The first-order chi connectivity index (χ1) is 6.24. The van der Waals surface area contributed by atoms with Gasteiger partial charge in [0, 0.05) is 24.4 Å². The SMILES string of the molecule is CCC/N=C/c1ccc(O)cc1O. The third kappa shape index (κ3) is 2.78. The molecule has 13 heavy (non-hydrogen) atoms. The van der Waals surface area contributed by atoms with E-state index >= 15 is 0 Å². The fourth-order valence-electron chi connectivity index (χ4n) is 0.933. The Morgan fingerprint density at radius 3 is 2.77 bits per heavy atom. The first kappa shape index (κ1) is 9.58. The molecule has 0 aliphatic rings. The molecule has 0 radical (unpaired) electrons. The Kier molecular flexibility index (Phi) is 3.31. The van der Waals surface area contributed by atoms with E-state index in [1.165, 1.54) is 12.1 Å². The van der Waals surface area contributed by atoms with Gasteiger partial charge in [0.05, 0.1) is 0 Å². The summed E-state index contributed by atoms with van der Waals surface area (Å²) in [6.45, 7) is 2.79. The lowest BCUT2D eigenvalue weighted by Crippen LogP contribution is -1.84. The molecule has 2 N–H and O–H groups in total. The Morgan fingerprint density at radius 2 is 2.15 bits per heavy atom. The van der Waals surface area contributed by atoms with Crippen molar-refractivity contribution in [3.63, 3.8) is 0 Å². The van der Waals surface area contributed by atoms with Gasteiger partial charge in [0.2, 0.25) is 0 Å². The van der Waals surface area contributed by atoms with Crippen LogP contribution in [0, 0.1) is 0 Å². The average molecular weight is 179 g/mol. The highest BCUT2D eigenvalue weighted by Crippen LogP contribution is 2.20. The van der Waals surface area contributed by atoms with E-state index in [1.54, 1.807) is 12.3 Å². The third-order valence-corrected chi connectivity index (χ3v) is 1.60. The van der Waals surface area contributed by atoms with Crippen molar-refractivity contribution in [2.24, 2.45) is 4.99 Å². The van der Waals surface area contributed by atoms with Crippen LogP contribution >= 0.6 is 0 Å². The molecule has 3 heteroatoms. The molecule has 0 saturated heterocycles. The number of hydrogen-bond acceptors (Lipinski definition) is 3. The molecule has 0 atom stereocenters. The number of aromatic hydroxyl groups is 2. The Labute approximate surface area is 77.4 Å². The predicted molar refractivity (Wildman–Crippen MR) is 52.5 cm³/mol. The summed E-state index contributed by atoms with van der Waals surface area (Å²) < 4.78 is 0. The second-order valence-corrected chi connectivity index (χ2v) is 2.78. The van der Waals surface area contributed by atoms with E-state index in [4.69, 9.17) is 5.11 Å². The molecule has 0 heterocycles. The molecule has 1 rings (SSSR count). The van der Waals surface area contributed by atoms with E-state index in [2.05, 4.69) is 4.99 Å². The van der Waals surface area contributed by atoms with Crippen LogP contribution in [0.25, 0.3) is 0 Å². The molecule has 0 fully saturated rings. The maximum atomic E-state index is 9.34. The second-order valence-electron chi connectivity index (χ2n) is 2.78. The van der Waals surface area contributed by atoms with E-state index in [1.807, 2.05) is 6.92 Å². The van der Waals surface area contributed by atoms with E-state index < -0.39 is 0 Å². The lowest BCUT2D eigenvalue weighted by atomic mass is 10.2. The summed E-state index contributed by atoms with van der Waals surface area (Å²) in [5.41, 5.74) is 0.631. The molecule has 0 aliphatic heterocycles. The van der Waals surface area contributed by atoms with Gasteiger partial charge in [-0.1, -0.05) is 6.92 Å². The highest BCUT2D eigenvalue weighted by molar-refractivity contribution is 5.83. The molecule has 0 spiro atoms. The number of rotatable bonds is 3. The van der Waals surface area contributed by atoms with Crippen LogP contribution < -0.4 is 0 Å². The van der Waals surface area contributed by atoms with Crippen molar-refractivity contribution < 1.29 is 10.2 Å². The lowest BCUT2D eigenvalue weighted by Gasteiger charge is -1.98. The third-order valence-electron chi connectivity index (χ3n) is 1.60. The molecule has 1 aromatic carbocycles. The summed E-state index contributed by atoms with van der Waals surface area (Å²) in [4.78, 5) is 4.08. The molecule has 3 nitrogen and oxygen atoms in total. The maximum absolute atomic E-state index is 9.34. The van der Waals surface area contributed by atoms with Crippen LogP contribution in [0.15, 0.2) is 23.2 Å². The minimum atomic E-state index is 0.0554. The van der Waals surface area contributed by atoms with E-state index in [0.717, 1.165) is 13.0 Å². The van der Waals surface area contributed by atoms with Crippen LogP contribution in [0.4, 0.5) is 0 Å². The number of nitrogens with zero attached hydrogens (tertiary/aromatic N) is 1. The van der Waals surface area contributed by atoms with Gasteiger partial charge in [-0.25, -0.2) is 0 Å². The molecular weight excluding hydrogens is 166 g/mol. The van der Waals surface area contributed by atoms with Gasteiger partial charge in [-0.15, -0.1) is 0 Å². The van der Waals surface area contributed by atoms with Crippen molar-refractivity contribution in [2.45, 2.75) is 13.3 Å². The first-order valence-electron chi connectivity index (χ1n) is 4.26. The zero-order valence-corrected chi connectivity index (χ0v) is 7.57. The van der Waals surface area contributed by atoms with Crippen LogP contribution in [0.3, 0.4) is 0 Å². The minimum absolute atomic E-state index is 0.0554. The maximum Gasteiger partial charge on any atom is 0.128 e. The number of phenols is 2. The zero-order valence-electron chi connectivity index (χ0n) is 7.57. The van der Waals surface area contributed by atoms with Crippen molar-refractivity contribution in [3.8, 4) is 11.5 Å². The Morgan fingerprint density at radius 1 is 1.38 bits per heavy atom. The van der Waals surface area contributed by atoms with Gasteiger partial charge >= 0.3 is 0 Å². The molecular formula is C10H13NO2. The van der Waals surface area contributed by atoms with Crippen molar-refractivity contribution in [1.29, 1.82) is 0 Å². The number of hydrogen-bond donors (Lipinski definition) is 2. The summed E-state index contributed by atoms with van der Waals surface area (Å²) in [6.07, 6.45) is 2.59. The highest BCUT2D eigenvalue weighted by atomic mass is 16.3. The van der Waals surface area contributed by atoms with Gasteiger partial charge in [0.25, 0.3) is 0 Å². The van der Waals surface area contributed by atoms with Gasteiger partial charge in [-0.3, -0.25) is 4.99 Å². The Balaban J connectivity index is 2.77. The molecule has 0 saturated carbocycles. The average Bonchev–Trinajstić information content (AvgIpc) is 2.09. The Bertz CT molecular complexity index is 308. The van der Waals surface area contributed by atoms with Gasteiger partial charge < -0.3 is 10.2 Å². The van der Waals surface area contributed by atoms with E-state index in [-0.39, 0.29) is 11.5 Å². The summed E-state index contributed by atoms with van der Waals surface area (Å²) in [5, 5.41) is 18.3. The smallest absolute Gasteiger partial charge is 0.128 e. The fourth-order valence-corrected chi connectivity index (χ4v) is 0.933. The summed E-state index contributed by atoms with van der Waals surface area (Å²) in [7, 11) is 0. The predicted octanol–water partition coefficient (Wildman–Crippen LogP) is 1.93. The van der Waals surface area contributed by atoms with Crippen molar-refractivity contribution in [2.75, 3.05) is 6.54 Å². The zero-order chi connectivity index (χ0) is 9.68. The van der Waals surface area contributed by atoms with Gasteiger partial charge in [-0.2, -0.15) is 0 Å². The van der Waals surface area contributed by atoms with Crippen LogP contribution in [0.2, 0.25) is 0 Å². The molecule has 1 aromatic rings. The monoisotopic (exact) mass is 179 g/mol. The topological polar surface area (TPSA) is 52.8 Å². The molecule has 0 bridgehead atoms. The summed E-state index contributed by atoms with van der Waals surface area (Å²) in [6, 6.07) is 4.45. The van der Waals surface area contributed by atoms with E-state index in [0.29, 0.717) is 5.56 Å². The molecule has 0 aliphatic carbocycles. The van der Waals surface area contributed by atoms with Crippen molar-refractivity contribution in [3.05, 3.63) is 23.8 Å². The quantitative estimate of drug-likeness (QED) is 0.696. The minimum Gasteiger partial charge on any atom is -0.508 e. The van der Waals surface area contributed by atoms with Crippen molar-refractivity contribution in [1.82, 2.24) is 0 Å². The van der Waals surface area contributed by atoms with Crippen LogP contribution in [-0.2, 0) is 0 Å². The largest absolute Gasteiger partial charge is 0.508 e. The van der Waals surface area contributed by atoms with Gasteiger partial charge in [0.1, 0.15) is 11.5 Å². The Hall–Kier alpha value is -1.51. The fraction of sp³-hybridized carbons (Fsp3) is 0.300. The number of benzene rings is 1. The number of phenolic OH excluding ortho intramolecular Hbond substituents is 2. The molecule has 0 amide bonds. The van der Waals surface area contributed by atoms with Gasteiger partial charge in [0.15, 0.2) is 0 Å². The van der Waals surface area contributed by atoms with Crippen LogP contribution in [0.1, 0.15) is 18.9 Å². The van der Waals surface area contributed by atoms with E-state index in [9.17, 15) is 5.11 Å². The number of aliphatic imine (C=N–C) groups is 1. The van der Waals surface area contributed by atoms with Crippen molar-refractivity contribution >= 4 is 6.21 Å².